The molecule has 2 atom stereocenters. The van der Waals surface area contributed by atoms with Crippen LogP contribution in [-0.4, -0.2) is 22.6 Å². The molecule has 1 heterocycles. The molecule has 0 radical (unpaired) electrons. The number of likely N-dealkylation sites (tertiary alicyclic amines) is 1. The van der Waals surface area contributed by atoms with E-state index in [0.29, 0.717) is 26.9 Å². The Morgan fingerprint density at radius 2 is 1.95 bits per heavy atom. The van der Waals surface area contributed by atoms with Crippen molar-refractivity contribution in [3.63, 3.8) is 0 Å². The second-order valence-corrected chi connectivity index (χ2v) is 9.10. The number of hydrogen-bond acceptors (Lipinski definition) is 1. The van der Waals surface area contributed by atoms with Crippen molar-refractivity contribution in [1.29, 1.82) is 0 Å². The molecule has 1 aliphatic heterocycles. The van der Waals surface area contributed by atoms with E-state index < -0.39 is 0 Å². The van der Waals surface area contributed by atoms with Crippen LogP contribution in [-0.2, 0) is 0 Å². The largest absolute Gasteiger partial charge is 0.345 e. The van der Waals surface area contributed by atoms with Crippen molar-refractivity contribution in [2.45, 2.75) is 46.1 Å². The van der Waals surface area contributed by atoms with Crippen LogP contribution in [0.1, 0.15) is 40.0 Å². The molecular formula is C17H22Cl2N2S. The molecule has 3 rings (SSSR count). The van der Waals surface area contributed by atoms with Crippen LogP contribution in [0.25, 0.3) is 0 Å². The van der Waals surface area contributed by atoms with Gasteiger partial charge in [-0.3, -0.25) is 0 Å². The average Bonchev–Trinajstić information content (AvgIpc) is 2.63. The molecule has 2 aliphatic rings. The first-order valence-corrected chi connectivity index (χ1v) is 8.87. The Morgan fingerprint density at radius 1 is 1.23 bits per heavy atom. The summed E-state index contributed by atoms with van der Waals surface area (Å²) in [5, 5.41) is 5.22. The number of benzene rings is 1. The monoisotopic (exact) mass is 356 g/mol. The minimum Gasteiger partial charge on any atom is -0.345 e. The van der Waals surface area contributed by atoms with Crippen molar-refractivity contribution in [1.82, 2.24) is 4.90 Å². The van der Waals surface area contributed by atoms with Crippen LogP contribution < -0.4 is 5.32 Å². The Morgan fingerprint density at radius 3 is 2.64 bits per heavy atom. The van der Waals surface area contributed by atoms with Crippen LogP contribution in [0.4, 0.5) is 5.69 Å². The Kier molecular flexibility index (Phi) is 4.12. The lowest BCUT2D eigenvalue weighted by molar-refractivity contribution is 0.132. The molecule has 2 fully saturated rings. The van der Waals surface area contributed by atoms with Crippen LogP contribution in [0.2, 0.25) is 10.0 Å². The number of nitrogens with one attached hydrogen (secondary N) is 1. The maximum Gasteiger partial charge on any atom is 0.173 e. The molecule has 1 saturated carbocycles. The molecule has 2 nitrogen and oxygen atoms in total. The lowest BCUT2D eigenvalue weighted by Gasteiger charge is -2.39. The van der Waals surface area contributed by atoms with Crippen molar-refractivity contribution in [2.75, 3.05) is 11.9 Å². The Hall–Kier alpha value is -0.510. The fourth-order valence-electron chi connectivity index (χ4n) is 4.47. The van der Waals surface area contributed by atoms with Gasteiger partial charge in [0.15, 0.2) is 5.11 Å². The molecule has 1 saturated heterocycles. The molecule has 0 aromatic heterocycles. The highest BCUT2D eigenvalue weighted by Crippen LogP contribution is 2.52. The van der Waals surface area contributed by atoms with E-state index >= 15 is 0 Å². The molecule has 120 valence electrons. The number of rotatable bonds is 1. The summed E-state index contributed by atoms with van der Waals surface area (Å²) in [6.07, 6.45) is 3.70. The third-order valence-electron chi connectivity index (χ3n) is 4.85. The van der Waals surface area contributed by atoms with Crippen molar-refractivity contribution < 1.29 is 0 Å². The zero-order valence-corrected chi connectivity index (χ0v) is 15.6. The first-order chi connectivity index (χ1) is 10.2. The molecule has 5 heteroatoms. The van der Waals surface area contributed by atoms with Gasteiger partial charge < -0.3 is 10.2 Å². The van der Waals surface area contributed by atoms with Crippen LogP contribution >= 0.6 is 35.4 Å². The molecule has 0 spiro atoms. The van der Waals surface area contributed by atoms with Gasteiger partial charge in [0.25, 0.3) is 0 Å². The number of hydrogen-bond donors (Lipinski definition) is 1. The van der Waals surface area contributed by atoms with Gasteiger partial charge in [-0.15, -0.1) is 0 Å². The van der Waals surface area contributed by atoms with Crippen LogP contribution in [0.15, 0.2) is 18.2 Å². The normalized spacial score (nSPS) is 29.5. The number of anilines is 1. The van der Waals surface area contributed by atoms with Crippen molar-refractivity contribution in [3.05, 3.63) is 28.2 Å². The summed E-state index contributed by atoms with van der Waals surface area (Å²) in [5.74, 6) is 0. The summed E-state index contributed by atoms with van der Waals surface area (Å²) in [6, 6.07) is 6.07. The fourth-order valence-corrected chi connectivity index (χ4v) is 5.10. The van der Waals surface area contributed by atoms with E-state index in [1.165, 1.54) is 19.3 Å². The van der Waals surface area contributed by atoms with Gasteiger partial charge in [-0.2, -0.15) is 0 Å². The van der Waals surface area contributed by atoms with Gasteiger partial charge in [0.2, 0.25) is 0 Å². The quantitative estimate of drug-likeness (QED) is 0.660. The highest BCUT2D eigenvalue weighted by molar-refractivity contribution is 7.80. The molecule has 1 aromatic rings. The third-order valence-corrected chi connectivity index (χ3v) is 5.92. The predicted octanol–water partition coefficient (Wildman–Crippen LogP) is 5.59. The SMILES string of the molecule is CC1(C)C[C@@H]2C[C@](C)(CN2C(=S)Nc2ccc(Cl)c(Cl)c2)C1. The van der Waals surface area contributed by atoms with E-state index in [1.54, 1.807) is 6.07 Å². The van der Waals surface area contributed by atoms with Crippen molar-refractivity contribution >= 4 is 46.2 Å². The Bertz CT molecular complexity index is 617. The van der Waals surface area contributed by atoms with Crippen molar-refractivity contribution in [2.24, 2.45) is 10.8 Å². The first kappa shape index (κ1) is 16.4. The summed E-state index contributed by atoms with van der Waals surface area (Å²) < 4.78 is 0. The van der Waals surface area contributed by atoms with Gasteiger partial charge >= 0.3 is 0 Å². The van der Waals surface area contributed by atoms with Gasteiger partial charge in [-0.1, -0.05) is 44.0 Å². The van der Waals surface area contributed by atoms with E-state index in [4.69, 9.17) is 35.4 Å². The van der Waals surface area contributed by atoms with E-state index in [2.05, 4.69) is 31.0 Å². The van der Waals surface area contributed by atoms with E-state index in [-0.39, 0.29) is 0 Å². The topological polar surface area (TPSA) is 15.3 Å². The number of nitrogens with zero attached hydrogens (tertiary/aromatic N) is 1. The van der Waals surface area contributed by atoms with E-state index in [9.17, 15) is 0 Å². The summed E-state index contributed by atoms with van der Waals surface area (Å²) >= 11 is 17.7. The predicted molar refractivity (Wildman–Crippen MR) is 98.9 cm³/mol. The lowest BCUT2D eigenvalue weighted by atomic mass is 9.65. The Balaban J connectivity index is 1.74. The molecule has 1 N–H and O–H groups in total. The van der Waals surface area contributed by atoms with Gasteiger partial charge in [0.1, 0.15) is 0 Å². The van der Waals surface area contributed by atoms with E-state index in [0.717, 1.165) is 17.3 Å². The minimum atomic E-state index is 0.371. The highest BCUT2D eigenvalue weighted by Gasteiger charge is 2.50. The zero-order valence-electron chi connectivity index (χ0n) is 13.2. The molecule has 22 heavy (non-hydrogen) atoms. The number of fused-ring (bicyclic) bond motifs is 2. The number of thiocarbonyl (C=S) groups is 1. The van der Waals surface area contributed by atoms with Crippen LogP contribution in [0.5, 0.6) is 0 Å². The zero-order chi connectivity index (χ0) is 16.1. The van der Waals surface area contributed by atoms with Crippen LogP contribution in [0.3, 0.4) is 0 Å². The first-order valence-electron chi connectivity index (χ1n) is 7.70. The standard InChI is InChI=1S/C17H22Cl2N2S/c1-16(2)7-12-8-17(3,9-16)10-21(12)15(22)20-11-4-5-13(18)14(19)6-11/h4-6,12H,7-10H2,1-3H3,(H,20,22)/t12-,17+/m1/s1. The van der Waals surface area contributed by atoms with Gasteiger partial charge in [0.05, 0.1) is 10.0 Å². The van der Waals surface area contributed by atoms with Gasteiger partial charge in [-0.05, 0) is 60.5 Å². The van der Waals surface area contributed by atoms with E-state index in [1.807, 2.05) is 12.1 Å². The van der Waals surface area contributed by atoms with Gasteiger partial charge in [-0.25, -0.2) is 0 Å². The molecule has 1 aliphatic carbocycles. The summed E-state index contributed by atoms with van der Waals surface area (Å²) in [7, 11) is 0. The molecule has 0 unspecified atom stereocenters. The maximum atomic E-state index is 6.08. The molecular weight excluding hydrogens is 335 g/mol. The lowest BCUT2D eigenvalue weighted by Crippen LogP contribution is -2.39. The molecule has 1 aromatic carbocycles. The molecule has 2 bridgehead atoms. The molecule has 0 amide bonds. The Labute approximate surface area is 148 Å². The van der Waals surface area contributed by atoms with Gasteiger partial charge in [0, 0.05) is 18.3 Å². The second kappa shape index (κ2) is 5.54. The third kappa shape index (κ3) is 3.22. The van der Waals surface area contributed by atoms with Crippen molar-refractivity contribution in [3.8, 4) is 0 Å². The van der Waals surface area contributed by atoms with Crippen LogP contribution in [0, 0.1) is 10.8 Å². The summed E-state index contributed by atoms with van der Waals surface area (Å²) in [4.78, 5) is 2.37. The summed E-state index contributed by atoms with van der Waals surface area (Å²) in [5.41, 5.74) is 1.66. The number of halogens is 2. The smallest absolute Gasteiger partial charge is 0.173 e. The highest BCUT2D eigenvalue weighted by atomic mass is 35.5. The average molecular weight is 357 g/mol. The second-order valence-electron chi connectivity index (χ2n) is 7.90. The summed E-state index contributed by atoms with van der Waals surface area (Å²) in [6.45, 7) is 8.17. The maximum absolute atomic E-state index is 6.08. The minimum absolute atomic E-state index is 0.371. The fraction of sp³-hybridized carbons (Fsp3) is 0.588.